The minimum absolute atomic E-state index is 0.144. The number of hydrogen-bond donors (Lipinski definition) is 1. The second-order valence-electron chi connectivity index (χ2n) is 8.15. The molecule has 0 saturated heterocycles. The Hall–Kier alpha value is -0.300. The molecule has 116 valence electrons. The first-order chi connectivity index (χ1) is 9.48. The highest BCUT2D eigenvalue weighted by molar-refractivity contribution is 5.11. The number of allylic oxidation sites excluding steroid dienone is 1. The van der Waals surface area contributed by atoms with Gasteiger partial charge in [0.2, 0.25) is 0 Å². The molecule has 1 atom stereocenters. The van der Waals surface area contributed by atoms with E-state index in [4.69, 9.17) is 0 Å². The largest absolute Gasteiger partial charge is 0.388 e. The van der Waals surface area contributed by atoms with Crippen LogP contribution < -0.4 is 0 Å². The van der Waals surface area contributed by atoms with Gasteiger partial charge in [-0.1, -0.05) is 39.7 Å². The van der Waals surface area contributed by atoms with E-state index in [0.717, 1.165) is 12.3 Å². The van der Waals surface area contributed by atoms with Crippen molar-refractivity contribution >= 4 is 0 Å². The molecule has 1 fully saturated rings. The molecule has 1 nitrogen and oxygen atoms in total. The van der Waals surface area contributed by atoms with Gasteiger partial charge < -0.3 is 5.11 Å². The van der Waals surface area contributed by atoms with Crippen molar-refractivity contribution in [3.05, 3.63) is 11.6 Å². The van der Waals surface area contributed by atoms with Gasteiger partial charge in [-0.3, -0.25) is 0 Å². The maximum absolute atomic E-state index is 10.7. The summed E-state index contributed by atoms with van der Waals surface area (Å²) in [6, 6.07) is 0. The van der Waals surface area contributed by atoms with Crippen LogP contribution >= 0.6 is 0 Å². The molecule has 0 aromatic heterocycles. The van der Waals surface area contributed by atoms with Gasteiger partial charge in [0.15, 0.2) is 0 Å². The molecule has 1 saturated carbocycles. The zero-order valence-corrected chi connectivity index (χ0v) is 13.8. The highest BCUT2D eigenvalue weighted by Crippen LogP contribution is 2.42. The molecule has 1 unspecified atom stereocenters. The maximum atomic E-state index is 10.7. The molecule has 0 heterocycles. The maximum Gasteiger partial charge on any atom is 0.0778 e. The molecule has 2 aliphatic carbocycles. The van der Waals surface area contributed by atoms with Gasteiger partial charge in [-0.2, -0.15) is 0 Å². The lowest BCUT2D eigenvalue weighted by Gasteiger charge is -2.39. The summed E-state index contributed by atoms with van der Waals surface area (Å²) in [4.78, 5) is 0. The van der Waals surface area contributed by atoms with Crippen molar-refractivity contribution in [3.63, 3.8) is 0 Å². The Labute approximate surface area is 125 Å². The molecule has 0 aromatic rings. The van der Waals surface area contributed by atoms with Gasteiger partial charge >= 0.3 is 0 Å². The number of aliphatic hydroxyl groups excluding tert-OH is 1. The van der Waals surface area contributed by atoms with Crippen molar-refractivity contribution in [1.29, 1.82) is 0 Å². The Morgan fingerprint density at radius 1 is 1.00 bits per heavy atom. The topological polar surface area (TPSA) is 20.2 Å². The van der Waals surface area contributed by atoms with Gasteiger partial charge in [0, 0.05) is 0 Å². The van der Waals surface area contributed by atoms with Gasteiger partial charge in [-0.05, 0) is 74.2 Å². The molecular weight excluding hydrogens is 244 g/mol. The second kappa shape index (κ2) is 7.11. The van der Waals surface area contributed by atoms with Crippen molar-refractivity contribution < 1.29 is 5.11 Å². The lowest BCUT2D eigenvalue weighted by Crippen LogP contribution is -2.31. The quantitative estimate of drug-likeness (QED) is 0.663. The van der Waals surface area contributed by atoms with E-state index in [1.807, 2.05) is 0 Å². The summed E-state index contributed by atoms with van der Waals surface area (Å²) in [5.41, 5.74) is 1.80. The minimum Gasteiger partial charge on any atom is -0.388 e. The van der Waals surface area contributed by atoms with E-state index >= 15 is 0 Å². The van der Waals surface area contributed by atoms with Crippen LogP contribution in [0.2, 0.25) is 0 Å². The number of rotatable bonds is 2. The fraction of sp³-hybridized carbons (Fsp3) is 0.895. The smallest absolute Gasteiger partial charge is 0.0778 e. The first-order valence-corrected chi connectivity index (χ1v) is 8.85. The SMILES string of the molecule is CC(C)(C)C1CCC(C(O)C2=CCCCCCC2)CC1. The number of hydrogen-bond acceptors (Lipinski definition) is 1. The summed E-state index contributed by atoms with van der Waals surface area (Å²) in [6.45, 7) is 7.10. The molecule has 1 N–H and O–H groups in total. The Bertz CT molecular complexity index is 315. The summed E-state index contributed by atoms with van der Waals surface area (Å²) < 4.78 is 0. The van der Waals surface area contributed by atoms with Crippen molar-refractivity contribution in [3.8, 4) is 0 Å². The Kier molecular flexibility index (Phi) is 5.72. The van der Waals surface area contributed by atoms with Crippen molar-refractivity contribution in [1.82, 2.24) is 0 Å². The molecule has 2 aliphatic rings. The van der Waals surface area contributed by atoms with E-state index in [-0.39, 0.29) is 6.10 Å². The van der Waals surface area contributed by atoms with Gasteiger partial charge in [0.1, 0.15) is 0 Å². The lowest BCUT2D eigenvalue weighted by molar-refractivity contribution is 0.0717. The van der Waals surface area contributed by atoms with Crippen LogP contribution in [-0.4, -0.2) is 11.2 Å². The van der Waals surface area contributed by atoms with Crippen LogP contribution in [0.1, 0.15) is 85.0 Å². The lowest BCUT2D eigenvalue weighted by atomic mass is 9.68. The van der Waals surface area contributed by atoms with E-state index in [1.165, 1.54) is 63.4 Å². The molecule has 0 aromatic carbocycles. The van der Waals surface area contributed by atoms with E-state index in [2.05, 4.69) is 26.8 Å². The summed E-state index contributed by atoms with van der Waals surface area (Å²) in [5.74, 6) is 1.37. The summed E-state index contributed by atoms with van der Waals surface area (Å²) >= 11 is 0. The zero-order chi connectivity index (χ0) is 14.6. The van der Waals surface area contributed by atoms with Gasteiger partial charge in [0.25, 0.3) is 0 Å². The fourth-order valence-electron chi connectivity index (χ4n) is 4.09. The third-order valence-electron chi connectivity index (χ3n) is 5.65. The molecule has 0 radical (unpaired) electrons. The monoisotopic (exact) mass is 278 g/mol. The van der Waals surface area contributed by atoms with Crippen LogP contribution in [-0.2, 0) is 0 Å². The Morgan fingerprint density at radius 2 is 1.65 bits per heavy atom. The van der Waals surface area contributed by atoms with Crippen molar-refractivity contribution in [2.24, 2.45) is 17.3 Å². The molecular formula is C19H34O. The van der Waals surface area contributed by atoms with Gasteiger partial charge in [-0.15, -0.1) is 0 Å². The first kappa shape index (κ1) is 16.1. The van der Waals surface area contributed by atoms with Crippen LogP contribution in [0.5, 0.6) is 0 Å². The Morgan fingerprint density at radius 3 is 2.30 bits per heavy atom. The molecule has 0 bridgehead atoms. The zero-order valence-electron chi connectivity index (χ0n) is 13.8. The Balaban J connectivity index is 1.89. The second-order valence-corrected chi connectivity index (χ2v) is 8.15. The van der Waals surface area contributed by atoms with E-state index in [9.17, 15) is 5.11 Å². The van der Waals surface area contributed by atoms with Gasteiger partial charge in [0.05, 0.1) is 6.10 Å². The minimum atomic E-state index is -0.144. The van der Waals surface area contributed by atoms with Crippen molar-refractivity contribution in [2.45, 2.75) is 91.1 Å². The van der Waals surface area contributed by atoms with Crippen LogP contribution in [0.3, 0.4) is 0 Å². The van der Waals surface area contributed by atoms with E-state index < -0.39 is 0 Å². The van der Waals surface area contributed by atoms with Crippen LogP contribution in [0.25, 0.3) is 0 Å². The molecule has 0 amide bonds. The van der Waals surface area contributed by atoms with E-state index in [1.54, 1.807) is 0 Å². The molecule has 0 aliphatic heterocycles. The standard InChI is InChI=1S/C19H34O/c1-19(2,3)17-13-11-16(12-14-17)18(20)15-9-7-5-4-6-8-10-15/h9,16-18,20H,4-8,10-14H2,1-3H3. The highest BCUT2D eigenvalue weighted by atomic mass is 16.3. The normalized spacial score (nSPS) is 31.1. The van der Waals surface area contributed by atoms with Gasteiger partial charge in [-0.25, -0.2) is 0 Å². The molecule has 2 rings (SSSR count). The summed E-state index contributed by atoms with van der Waals surface area (Å²) in [7, 11) is 0. The summed E-state index contributed by atoms with van der Waals surface area (Å²) in [6.07, 6.45) is 14.9. The molecule has 1 heteroatoms. The van der Waals surface area contributed by atoms with Crippen LogP contribution in [0.4, 0.5) is 0 Å². The van der Waals surface area contributed by atoms with Crippen LogP contribution in [0, 0.1) is 17.3 Å². The predicted octanol–water partition coefficient (Wildman–Crippen LogP) is 5.48. The highest BCUT2D eigenvalue weighted by Gasteiger charge is 2.33. The fourth-order valence-corrected chi connectivity index (χ4v) is 4.09. The first-order valence-electron chi connectivity index (χ1n) is 8.85. The average molecular weight is 278 g/mol. The van der Waals surface area contributed by atoms with Crippen molar-refractivity contribution in [2.75, 3.05) is 0 Å². The molecule has 20 heavy (non-hydrogen) atoms. The summed E-state index contributed by atoms with van der Waals surface area (Å²) in [5, 5.41) is 10.7. The van der Waals surface area contributed by atoms with Crippen LogP contribution in [0.15, 0.2) is 11.6 Å². The van der Waals surface area contributed by atoms with E-state index in [0.29, 0.717) is 11.3 Å². The number of aliphatic hydroxyl groups is 1. The third kappa shape index (κ3) is 4.35. The third-order valence-corrected chi connectivity index (χ3v) is 5.65. The molecule has 0 spiro atoms. The predicted molar refractivity (Wildman–Crippen MR) is 86.7 cm³/mol. The average Bonchev–Trinajstić information content (AvgIpc) is 2.37.